The average Bonchev–Trinajstić information content (AvgIpc) is 2.87. The van der Waals surface area contributed by atoms with Crippen LogP contribution in [0.25, 0.3) is 10.9 Å². The van der Waals surface area contributed by atoms with E-state index < -0.39 is 29.1 Å². The molecule has 9 nitrogen and oxygen atoms in total. The van der Waals surface area contributed by atoms with Gasteiger partial charge in [-0.05, 0) is 24.8 Å². The number of nitrogens with zero attached hydrogens (tertiary/aromatic N) is 2. The van der Waals surface area contributed by atoms with Crippen molar-refractivity contribution in [2.24, 2.45) is 11.7 Å². The molecule has 26 heavy (non-hydrogen) atoms. The summed E-state index contributed by atoms with van der Waals surface area (Å²) in [4.78, 5) is 26.1. The fourth-order valence-electron chi connectivity index (χ4n) is 3.41. The number of aromatic nitrogens is 1. The van der Waals surface area contributed by atoms with Crippen molar-refractivity contribution in [3.63, 3.8) is 0 Å². The minimum Gasteiger partial charge on any atom is -0.390 e. The largest absolute Gasteiger partial charge is 0.390 e. The Kier molecular flexibility index (Phi) is 5.01. The number of pyridine rings is 1. The molecular weight excluding hydrogens is 340 g/mol. The molecule has 4 unspecified atom stereocenters. The molecule has 9 heteroatoms. The van der Waals surface area contributed by atoms with Crippen molar-refractivity contribution in [3.05, 3.63) is 40.4 Å². The third kappa shape index (κ3) is 3.58. The Morgan fingerprint density at radius 1 is 1.35 bits per heavy atom. The summed E-state index contributed by atoms with van der Waals surface area (Å²) in [6.45, 7) is 0. The summed E-state index contributed by atoms with van der Waals surface area (Å²) in [6, 6.07) is 7.82. The molecule has 1 amide bonds. The predicted octanol–water partition coefficient (Wildman–Crippen LogP) is 0.931. The number of rotatable bonds is 6. The normalized spacial score (nSPS) is 25.3. The van der Waals surface area contributed by atoms with E-state index in [9.17, 15) is 25.1 Å². The highest BCUT2D eigenvalue weighted by molar-refractivity contribution is 5.84. The molecule has 0 spiro atoms. The van der Waals surface area contributed by atoms with Crippen LogP contribution in [0.4, 0.5) is 11.5 Å². The maximum Gasteiger partial charge on any atom is 0.312 e. The molecule has 1 aliphatic rings. The lowest BCUT2D eigenvalue weighted by molar-refractivity contribution is -0.384. The molecule has 2 aromatic rings. The van der Waals surface area contributed by atoms with Crippen molar-refractivity contribution >= 4 is 28.3 Å². The second kappa shape index (κ2) is 7.22. The van der Waals surface area contributed by atoms with Gasteiger partial charge in [0.1, 0.15) is 6.10 Å². The number of nitro groups is 1. The van der Waals surface area contributed by atoms with Crippen LogP contribution in [0, 0.1) is 16.0 Å². The van der Waals surface area contributed by atoms with E-state index in [1.807, 2.05) is 0 Å². The molecule has 1 aliphatic carbocycles. The van der Waals surface area contributed by atoms with Crippen LogP contribution in [0.5, 0.6) is 0 Å². The number of carbonyl (C=O) groups excluding carboxylic acids is 1. The van der Waals surface area contributed by atoms with Gasteiger partial charge >= 0.3 is 5.69 Å². The first-order chi connectivity index (χ1) is 12.4. The minimum atomic E-state index is -1.12. The molecule has 3 rings (SSSR count). The summed E-state index contributed by atoms with van der Waals surface area (Å²) in [5.41, 5.74) is 5.51. The van der Waals surface area contributed by atoms with E-state index in [0.717, 1.165) is 0 Å². The molecule has 138 valence electrons. The van der Waals surface area contributed by atoms with Gasteiger partial charge in [-0.1, -0.05) is 18.2 Å². The van der Waals surface area contributed by atoms with Crippen LogP contribution in [0.3, 0.4) is 0 Å². The van der Waals surface area contributed by atoms with Crippen LogP contribution >= 0.6 is 0 Å². The number of para-hydroxylation sites is 1. The monoisotopic (exact) mass is 360 g/mol. The zero-order chi connectivity index (χ0) is 18.8. The van der Waals surface area contributed by atoms with E-state index >= 15 is 0 Å². The molecule has 0 radical (unpaired) electrons. The van der Waals surface area contributed by atoms with Gasteiger partial charge in [0.2, 0.25) is 11.7 Å². The quantitative estimate of drug-likeness (QED) is 0.442. The second-order valence-electron chi connectivity index (χ2n) is 6.54. The maximum absolute atomic E-state index is 11.4. The lowest BCUT2D eigenvalue weighted by Crippen LogP contribution is -2.35. The van der Waals surface area contributed by atoms with Crippen LogP contribution in [0.15, 0.2) is 30.3 Å². The smallest absolute Gasteiger partial charge is 0.312 e. The number of hydrogen-bond donors (Lipinski definition) is 4. The fraction of sp³-hybridized carbons (Fsp3) is 0.412. The Labute approximate surface area is 149 Å². The molecule has 0 aliphatic heterocycles. The number of carbonyl (C=O) groups is 1. The Hall–Kier alpha value is -2.78. The molecule has 4 atom stereocenters. The van der Waals surface area contributed by atoms with Crippen LogP contribution in [-0.2, 0) is 4.79 Å². The van der Waals surface area contributed by atoms with Gasteiger partial charge in [-0.2, -0.15) is 0 Å². The summed E-state index contributed by atoms with van der Waals surface area (Å²) in [6.07, 6.45) is -1.36. The number of fused-ring (bicyclic) bond motifs is 1. The van der Waals surface area contributed by atoms with Crippen LogP contribution in [-0.4, -0.2) is 44.3 Å². The van der Waals surface area contributed by atoms with E-state index in [1.54, 1.807) is 24.3 Å². The van der Waals surface area contributed by atoms with Crippen LogP contribution in [0.2, 0.25) is 0 Å². The second-order valence-corrected chi connectivity index (χ2v) is 6.54. The van der Waals surface area contributed by atoms with E-state index in [0.29, 0.717) is 23.7 Å². The SMILES string of the molecule is NC(=O)CCC1CC(Nc2nc3ccccc3cc2[N+](=O)[O-])C(O)C1O. The van der Waals surface area contributed by atoms with Gasteiger partial charge in [0.15, 0.2) is 0 Å². The summed E-state index contributed by atoms with van der Waals surface area (Å²) in [5, 5.41) is 35.4. The van der Waals surface area contributed by atoms with Gasteiger partial charge in [0.25, 0.3) is 0 Å². The van der Waals surface area contributed by atoms with E-state index in [4.69, 9.17) is 5.73 Å². The molecule has 1 aromatic heterocycles. The Morgan fingerprint density at radius 3 is 2.77 bits per heavy atom. The van der Waals surface area contributed by atoms with E-state index in [1.165, 1.54) is 6.07 Å². The first-order valence-electron chi connectivity index (χ1n) is 8.32. The van der Waals surface area contributed by atoms with Gasteiger partial charge in [0, 0.05) is 17.9 Å². The summed E-state index contributed by atoms with van der Waals surface area (Å²) >= 11 is 0. The number of benzene rings is 1. The first-order valence-corrected chi connectivity index (χ1v) is 8.32. The van der Waals surface area contributed by atoms with E-state index in [2.05, 4.69) is 10.3 Å². The summed E-state index contributed by atoms with van der Waals surface area (Å²) in [7, 11) is 0. The predicted molar refractivity (Wildman–Crippen MR) is 94.4 cm³/mol. The third-order valence-corrected chi connectivity index (χ3v) is 4.79. The van der Waals surface area contributed by atoms with Gasteiger partial charge in [0.05, 0.1) is 22.6 Å². The molecule has 0 saturated heterocycles. The summed E-state index contributed by atoms with van der Waals surface area (Å²) in [5.74, 6) is -0.759. The number of hydrogen-bond acceptors (Lipinski definition) is 7. The zero-order valence-electron chi connectivity index (χ0n) is 13.9. The number of nitrogens with two attached hydrogens (primary N) is 1. The highest BCUT2D eigenvalue weighted by Gasteiger charge is 2.42. The minimum absolute atomic E-state index is 0.0421. The fourth-order valence-corrected chi connectivity index (χ4v) is 3.41. The Morgan fingerprint density at radius 2 is 2.08 bits per heavy atom. The highest BCUT2D eigenvalue weighted by atomic mass is 16.6. The Balaban J connectivity index is 1.84. The molecule has 5 N–H and O–H groups in total. The van der Waals surface area contributed by atoms with Gasteiger partial charge in [-0.15, -0.1) is 0 Å². The maximum atomic E-state index is 11.4. The molecule has 1 saturated carbocycles. The molecular formula is C17H20N4O5. The molecule has 1 fully saturated rings. The molecule has 0 bridgehead atoms. The van der Waals surface area contributed by atoms with Crippen molar-refractivity contribution in [1.29, 1.82) is 0 Å². The number of aliphatic hydroxyl groups is 2. The average molecular weight is 360 g/mol. The topological polar surface area (TPSA) is 152 Å². The summed E-state index contributed by atoms with van der Waals surface area (Å²) < 4.78 is 0. The molecule has 1 aromatic carbocycles. The van der Waals surface area contributed by atoms with Crippen molar-refractivity contribution in [2.75, 3.05) is 5.32 Å². The number of anilines is 1. The van der Waals surface area contributed by atoms with Gasteiger partial charge < -0.3 is 21.3 Å². The van der Waals surface area contributed by atoms with Gasteiger partial charge in [-0.3, -0.25) is 14.9 Å². The van der Waals surface area contributed by atoms with Crippen molar-refractivity contribution in [1.82, 2.24) is 4.98 Å². The zero-order valence-corrected chi connectivity index (χ0v) is 13.9. The number of nitrogens with one attached hydrogen (secondary N) is 1. The van der Waals surface area contributed by atoms with E-state index in [-0.39, 0.29) is 23.8 Å². The van der Waals surface area contributed by atoms with Crippen LogP contribution in [0.1, 0.15) is 19.3 Å². The third-order valence-electron chi connectivity index (χ3n) is 4.79. The van der Waals surface area contributed by atoms with Gasteiger partial charge in [-0.25, -0.2) is 4.98 Å². The lowest BCUT2D eigenvalue weighted by Gasteiger charge is -2.18. The Bertz CT molecular complexity index is 843. The van der Waals surface area contributed by atoms with Crippen molar-refractivity contribution < 1.29 is 19.9 Å². The lowest BCUT2D eigenvalue weighted by atomic mass is 9.99. The number of amides is 1. The van der Waals surface area contributed by atoms with Crippen LogP contribution < -0.4 is 11.1 Å². The standard InChI is InChI=1S/C17H20N4O5/c18-14(22)6-5-10-7-12(16(24)15(10)23)20-17-13(21(25)26)8-9-3-1-2-4-11(9)19-17/h1-4,8,10,12,15-16,23-24H,5-7H2,(H2,18,22)(H,19,20). The molecule has 1 heterocycles. The number of aliphatic hydroxyl groups excluding tert-OH is 2. The highest BCUT2D eigenvalue weighted by Crippen LogP contribution is 2.34. The first kappa shape index (κ1) is 18.0. The number of primary amides is 1. The van der Waals surface area contributed by atoms with Crippen molar-refractivity contribution in [2.45, 2.75) is 37.5 Å². The van der Waals surface area contributed by atoms with Crippen molar-refractivity contribution in [3.8, 4) is 0 Å².